The van der Waals surface area contributed by atoms with E-state index in [1.54, 1.807) is 38.2 Å². The number of nitrogens with two attached hydrogens (primary N) is 2. The van der Waals surface area contributed by atoms with Gasteiger partial charge >= 0.3 is 5.97 Å². The zero-order chi connectivity index (χ0) is 28.7. The van der Waals surface area contributed by atoms with Crippen molar-refractivity contribution in [2.24, 2.45) is 5.84 Å². The molecule has 0 spiro atoms. The number of esters is 1. The Labute approximate surface area is 243 Å². The predicted molar refractivity (Wildman–Crippen MR) is 162 cm³/mol. The first-order chi connectivity index (χ1) is 18.5. The highest BCUT2D eigenvalue weighted by molar-refractivity contribution is 9.09. The van der Waals surface area contributed by atoms with Gasteiger partial charge in [0.05, 0.1) is 23.6 Å². The number of rotatable bonds is 12. The van der Waals surface area contributed by atoms with Gasteiger partial charge in [-0.25, -0.2) is 10.1 Å². The molecule has 0 saturated heterocycles. The van der Waals surface area contributed by atoms with Crippen molar-refractivity contribution in [2.75, 3.05) is 30.9 Å². The zero-order valence-electron chi connectivity index (χ0n) is 22.7. The van der Waals surface area contributed by atoms with Crippen LogP contribution < -0.4 is 16.6 Å². The second-order valence-electron chi connectivity index (χ2n) is 9.50. The van der Waals surface area contributed by atoms with Crippen molar-refractivity contribution in [1.29, 1.82) is 0 Å². The maximum atomic E-state index is 12.6. The highest BCUT2D eigenvalue weighted by Gasteiger charge is 2.24. The molecule has 39 heavy (non-hydrogen) atoms. The number of ether oxygens (including phenoxy) is 1. The molecule has 0 amide bonds. The number of hydrazine groups is 1. The van der Waals surface area contributed by atoms with E-state index in [0.717, 1.165) is 28.1 Å². The minimum atomic E-state index is -0.400. The molecule has 0 saturated carbocycles. The number of para-hydroxylation sites is 1. The van der Waals surface area contributed by atoms with Gasteiger partial charge in [0.2, 0.25) is 0 Å². The lowest BCUT2D eigenvalue weighted by atomic mass is 9.86. The highest BCUT2D eigenvalue weighted by Crippen LogP contribution is 2.39. The van der Waals surface area contributed by atoms with E-state index >= 15 is 0 Å². The van der Waals surface area contributed by atoms with E-state index in [-0.39, 0.29) is 35.3 Å². The van der Waals surface area contributed by atoms with Gasteiger partial charge in [-0.05, 0) is 72.3 Å². The number of halogens is 1. The van der Waals surface area contributed by atoms with Gasteiger partial charge in [0.1, 0.15) is 17.2 Å². The topological polar surface area (TPSA) is 125 Å². The number of anilines is 2. The molecule has 3 aromatic rings. The maximum absolute atomic E-state index is 12.6. The number of hydrogen-bond acceptors (Lipinski definition) is 9. The molecule has 0 fully saturated rings. The van der Waals surface area contributed by atoms with E-state index in [1.165, 1.54) is 17.0 Å². The normalized spacial score (nSPS) is 12.8. The molecule has 8 nitrogen and oxygen atoms in total. The lowest BCUT2D eigenvalue weighted by Crippen LogP contribution is -2.26. The molecule has 6 N–H and O–H groups in total. The molecule has 3 rings (SSSR count). The van der Waals surface area contributed by atoms with Crippen LogP contribution in [0.4, 0.5) is 11.4 Å². The number of benzene rings is 3. The fourth-order valence-corrected chi connectivity index (χ4v) is 6.04. The van der Waals surface area contributed by atoms with E-state index in [2.05, 4.69) is 40.1 Å². The average Bonchev–Trinajstić information content (AvgIpc) is 2.84. The van der Waals surface area contributed by atoms with Crippen LogP contribution in [0.3, 0.4) is 0 Å². The summed E-state index contributed by atoms with van der Waals surface area (Å²) in [5, 5.41) is 22.3. The minimum absolute atomic E-state index is 0.0623. The van der Waals surface area contributed by atoms with E-state index in [0.29, 0.717) is 23.5 Å². The fourth-order valence-electron chi connectivity index (χ4n) is 4.42. The molecule has 0 aliphatic rings. The van der Waals surface area contributed by atoms with E-state index in [9.17, 15) is 15.0 Å². The molecular weight excluding hydrogens is 580 g/mol. The number of hydrogen-bond donors (Lipinski definition) is 4. The molecule has 210 valence electrons. The fraction of sp³-hybridized carbons (Fsp3) is 0.345. The first kappa shape index (κ1) is 30.6. The maximum Gasteiger partial charge on any atom is 0.306 e. The van der Waals surface area contributed by atoms with Crippen molar-refractivity contribution < 1.29 is 19.7 Å². The van der Waals surface area contributed by atoms with Gasteiger partial charge in [0.15, 0.2) is 0 Å². The van der Waals surface area contributed by atoms with Crippen molar-refractivity contribution in [3.63, 3.8) is 0 Å². The van der Waals surface area contributed by atoms with Crippen LogP contribution in [0.5, 0.6) is 11.5 Å². The van der Waals surface area contributed by atoms with Crippen molar-refractivity contribution in [2.45, 2.75) is 49.4 Å². The Morgan fingerprint density at radius 2 is 1.82 bits per heavy atom. The first-order valence-corrected chi connectivity index (χ1v) is 14.4. The Bertz CT molecular complexity index is 1260. The summed E-state index contributed by atoms with van der Waals surface area (Å²) in [5.41, 5.74) is 10.6. The summed E-state index contributed by atoms with van der Waals surface area (Å²) in [5.74, 6) is 5.28. The predicted octanol–water partition coefficient (Wildman–Crippen LogP) is 5.68. The molecule has 3 aromatic carbocycles. The standard InChI is InChI=1S/C29H37BrN4O4S/c1-5-38-28(37)15-23(21-13-24(31)29(33(4)32)26(36)14-21)20-11-10-18(2)22(12-20)17-34(16-19(3)30)39-27-9-7-6-8-25(27)35/h6-14,19,23,35-36H,5,15-17,31-32H2,1-4H3. The van der Waals surface area contributed by atoms with Gasteiger partial charge in [-0.3, -0.25) is 4.79 Å². The summed E-state index contributed by atoms with van der Waals surface area (Å²) in [6, 6.07) is 16.7. The van der Waals surface area contributed by atoms with Crippen LogP contribution in [-0.2, 0) is 16.1 Å². The third kappa shape index (κ3) is 8.28. The number of carbonyl (C=O) groups excluding carboxylic acids is 1. The molecule has 0 aromatic heterocycles. The summed E-state index contributed by atoms with van der Waals surface area (Å²) in [6.45, 7) is 7.51. The number of phenolic OH excluding ortho intramolecular Hbond substituents is 2. The summed E-state index contributed by atoms with van der Waals surface area (Å²) < 4.78 is 7.47. The van der Waals surface area contributed by atoms with Gasteiger partial charge in [-0.1, -0.05) is 53.2 Å². The van der Waals surface area contributed by atoms with E-state index < -0.39 is 5.92 Å². The number of nitrogen functional groups attached to an aromatic ring is 1. The average molecular weight is 618 g/mol. The molecule has 0 aliphatic heterocycles. The summed E-state index contributed by atoms with van der Waals surface area (Å²) in [7, 11) is 1.60. The highest BCUT2D eigenvalue weighted by atomic mass is 79.9. The van der Waals surface area contributed by atoms with Gasteiger partial charge in [-0.2, -0.15) is 0 Å². The molecule has 0 aliphatic carbocycles. The lowest BCUT2D eigenvalue weighted by molar-refractivity contribution is -0.143. The smallest absolute Gasteiger partial charge is 0.306 e. The van der Waals surface area contributed by atoms with E-state index in [1.807, 2.05) is 24.3 Å². The van der Waals surface area contributed by atoms with Crippen molar-refractivity contribution >= 4 is 45.2 Å². The number of phenols is 2. The second kappa shape index (κ2) is 13.9. The van der Waals surface area contributed by atoms with Crippen LogP contribution in [0.25, 0.3) is 0 Å². The largest absolute Gasteiger partial charge is 0.507 e. The number of nitrogens with zero attached hydrogens (tertiary/aromatic N) is 2. The van der Waals surface area contributed by atoms with Crippen LogP contribution >= 0.6 is 27.9 Å². The van der Waals surface area contributed by atoms with Gasteiger partial charge < -0.3 is 25.7 Å². The number of alkyl halides is 1. The van der Waals surface area contributed by atoms with Crippen LogP contribution in [0.15, 0.2) is 59.5 Å². The number of aromatic hydroxyl groups is 2. The number of carbonyl (C=O) groups is 1. The third-order valence-electron chi connectivity index (χ3n) is 6.24. The van der Waals surface area contributed by atoms with Crippen molar-refractivity contribution in [1.82, 2.24) is 4.31 Å². The van der Waals surface area contributed by atoms with Crippen molar-refractivity contribution in [3.8, 4) is 11.5 Å². The third-order valence-corrected chi connectivity index (χ3v) is 7.61. The van der Waals surface area contributed by atoms with Crippen LogP contribution in [0.1, 0.15) is 48.4 Å². The molecule has 2 atom stereocenters. The van der Waals surface area contributed by atoms with Crippen molar-refractivity contribution in [3.05, 3.63) is 76.9 Å². The quantitative estimate of drug-likeness (QED) is 0.0508. The molecule has 10 heteroatoms. The first-order valence-electron chi connectivity index (χ1n) is 12.7. The lowest BCUT2D eigenvalue weighted by Gasteiger charge is -2.25. The molecule has 0 heterocycles. The van der Waals surface area contributed by atoms with Crippen LogP contribution in [0.2, 0.25) is 0 Å². The van der Waals surface area contributed by atoms with Gasteiger partial charge in [0, 0.05) is 30.9 Å². The van der Waals surface area contributed by atoms with Gasteiger partial charge in [-0.15, -0.1) is 0 Å². The zero-order valence-corrected chi connectivity index (χ0v) is 25.1. The Kier molecular flexibility index (Phi) is 10.9. The Hall–Kier alpha value is -2.92. The van der Waals surface area contributed by atoms with Crippen LogP contribution in [-0.4, -0.2) is 45.5 Å². The summed E-state index contributed by atoms with van der Waals surface area (Å²) >= 11 is 5.16. The molecule has 0 radical (unpaired) electrons. The monoisotopic (exact) mass is 616 g/mol. The Morgan fingerprint density at radius 1 is 1.10 bits per heavy atom. The minimum Gasteiger partial charge on any atom is -0.507 e. The molecule has 2 unspecified atom stereocenters. The Morgan fingerprint density at radius 3 is 2.44 bits per heavy atom. The SMILES string of the molecule is CCOC(=O)CC(c1cc(N)c(N(C)N)c(O)c1)c1ccc(C)c(CN(CC(C)Br)Sc2ccccc2O)c1. The van der Waals surface area contributed by atoms with Crippen LogP contribution in [0, 0.1) is 6.92 Å². The summed E-state index contributed by atoms with van der Waals surface area (Å²) in [4.78, 5) is 13.6. The Balaban J connectivity index is 2.01. The second-order valence-corrected chi connectivity index (χ2v) is 12.2. The number of aryl methyl sites for hydroxylation is 1. The summed E-state index contributed by atoms with van der Waals surface area (Å²) in [6.07, 6.45) is 0.0851. The molecule has 0 bridgehead atoms. The van der Waals surface area contributed by atoms with E-state index in [4.69, 9.17) is 16.3 Å². The van der Waals surface area contributed by atoms with Gasteiger partial charge in [0.25, 0.3) is 0 Å². The molecular formula is C29H37BrN4O4S.